The third-order valence-electron chi connectivity index (χ3n) is 12.4. The molecule has 1 aliphatic carbocycles. The average Bonchev–Trinajstić information content (AvgIpc) is 4.25. The normalized spacial score (nSPS) is 11.6. The molecule has 0 bridgehead atoms. The number of halogens is 6. The molecule has 1 fully saturated rings. The van der Waals surface area contributed by atoms with Crippen molar-refractivity contribution in [1.29, 1.82) is 0 Å². The molecule has 1 aromatic heterocycles. The maximum absolute atomic E-state index is 8.58. The minimum absolute atomic E-state index is 0.525. The minimum atomic E-state index is -1.34. The molecule has 1 saturated heterocycles. The highest BCUT2D eigenvalue weighted by Gasteiger charge is 2.17. The molecule has 0 atom stereocenters. The molecular formula is C65H52BBr5INO3. The number of hydrogen-bond donors (Lipinski definition) is 2. The second-order valence-corrected chi connectivity index (χ2v) is 23.2. The van der Waals surface area contributed by atoms with E-state index in [-0.39, 0.29) is 0 Å². The van der Waals surface area contributed by atoms with E-state index >= 15 is 0 Å². The van der Waals surface area contributed by atoms with Crippen molar-refractivity contribution in [3.05, 3.63) is 280 Å². The van der Waals surface area contributed by atoms with E-state index in [1.807, 2.05) is 48.5 Å². The van der Waals surface area contributed by atoms with Crippen LogP contribution >= 0.6 is 102 Å². The van der Waals surface area contributed by atoms with Gasteiger partial charge in [-0.2, -0.15) is 0 Å². The number of ether oxygens (including phenoxy) is 1. The second-order valence-electron chi connectivity index (χ2n) is 17.5. The number of aromatic nitrogens is 1. The summed E-state index contributed by atoms with van der Waals surface area (Å²) < 4.78 is 14.1. The SMILES string of the molecule is Brc1ccc(-n2c3ccccc3c3ccccc32)c(-c2ccccc2)c1.Brc1ccc(Br)c(-c2ccccc2)c1.Brc1ccc(Br)c(I)c1.C1CCOC1.OB(O)c1ccccc1.c1ccc2c(c1)Cc1ccccc1-2. The van der Waals surface area contributed by atoms with Gasteiger partial charge in [-0.25, -0.2) is 0 Å². The molecule has 0 amide bonds. The molecule has 0 spiro atoms. The number of benzene rings is 10. The molecule has 380 valence electrons. The maximum Gasteiger partial charge on any atom is 0.488 e. The highest BCUT2D eigenvalue weighted by Crippen LogP contribution is 2.38. The van der Waals surface area contributed by atoms with Crippen molar-refractivity contribution >= 4 is 137 Å². The van der Waals surface area contributed by atoms with E-state index in [2.05, 4.69) is 277 Å². The Bertz CT molecular complexity index is 3510. The average molecular weight is 1430 g/mol. The van der Waals surface area contributed by atoms with Gasteiger partial charge in [-0.3, -0.25) is 0 Å². The zero-order valence-corrected chi connectivity index (χ0v) is 51.3. The van der Waals surface area contributed by atoms with Gasteiger partial charge in [0.2, 0.25) is 0 Å². The Morgan fingerprint density at radius 2 is 0.829 bits per heavy atom. The number of hydrogen-bond acceptors (Lipinski definition) is 3. The Balaban J connectivity index is 0.000000131. The zero-order chi connectivity index (χ0) is 53.2. The third-order valence-corrected chi connectivity index (χ3v) is 16.9. The predicted octanol–water partition coefficient (Wildman–Crippen LogP) is 19.3. The molecule has 10 aromatic carbocycles. The molecule has 2 heterocycles. The fourth-order valence-electron chi connectivity index (χ4n) is 8.76. The lowest BCUT2D eigenvalue weighted by atomic mass is 9.81. The summed E-state index contributed by atoms with van der Waals surface area (Å²) in [5.41, 5.74) is 14.8. The molecule has 11 heteroatoms. The number of para-hydroxylation sites is 2. The second kappa shape index (κ2) is 29.2. The summed E-state index contributed by atoms with van der Waals surface area (Å²) in [4.78, 5) is 0. The first-order chi connectivity index (χ1) is 37.0. The molecule has 1 aliphatic heterocycles. The van der Waals surface area contributed by atoms with Gasteiger partial charge in [-0.1, -0.05) is 240 Å². The summed E-state index contributed by atoms with van der Waals surface area (Å²) in [6.07, 6.45) is 3.66. The standard InChI is InChI=1S/C24H16BrN.C13H10.C12H8Br2.C6H7BO2.C6H3Br2I.C4H8O/c25-18-14-15-24(21(16-18)17-8-2-1-3-9-17)26-22-12-6-4-10-19(22)20-11-5-7-13-23(20)26;1-3-7-12-10(5-1)9-11-6-2-4-8-13(11)12;13-10-6-7-12(14)11(8-10)9-4-2-1-3-5-9;8-7(9)6-4-2-1-3-5-6;7-4-1-2-5(8)6(9)3-4;1-2-4-5-3-1/h1-16H;1-8H,9H2;1-8H;1-5,8-9H;1-3H;1-4H2. The number of rotatable bonds is 4. The first kappa shape index (κ1) is 57.3. The Morgan fingerprint density at radius 1 is 0.408 bits per heavy atom. The molecule has 2 N–H and O–H groups in total. The molecule has 11 aromatic rings. The van der Waals surface area contributed by atoms with Crippen molar-refractivity contribution in [3.8, 4) is 39.1 Å². The summed E-state index contributed by atoms with van der Waals surface area (Å²) in [6, 6.07) is 82.9. The van der Waals surface area contributed by atoms with Crippen LogP contribution < -0.4 is 5.46 Å². The van der Waals surface area contributed by atoms with Crippen molar-refractivity contribution in [3.63, 3.8) is 0 Å². The van der Waals surface area contributed by atoms with Gasteiger partial charge in [-0.05, 0) is 169 Å². The monoisotopic (exact) mass is 1430 g/mol. The molecule has 13 rings (SSSR count). The van der Waals surface area contributed by atoms with E-state index in [0.717, 1.165) is 42.0 Å². The fourth-order valence-corrected chi connectivity index (χ4v) is 11.5. The molecular weight excluding hydrogens is 1380 g/mol. The van der Waals surface area contributed by atoms with Crippen LogP contribution in [0.2, 0.25) is 0 Å². The summed E-state index contributed by atoms with van der Waals surface area (Å²) in [7, 11) is -1.34. The Labute approximate surface area is 502 Å². The molecule has 0 radical (unpaired) electrons. The number of fused-ring (bicyclic) bond motifs is 6. The topological polar surface area (TPSA) is 54.6 Å². The van der Waals surface area contributed by atoms with Crippen LogP contribution in [0.1, 0.15) is 24.0 Å². The van der Waals surface area contributed by atoms with Crippen molar-refractivity contribution < 1.29 is 14.8 Å². The van der Waals surface area contributed by atoms with Gasteiger partial charge in [0.1, 0.15) is 0 Å². The van der Waals surface area contributed by atoms with Crippen LogP contribution in [0.5, 0.6) is 0 Å². The van der Waals surface area contributed by atoms with Crippen LogP contribution in [0.25, 0.3) is 60.9 Å². The molecule has 0 saturated carbocycles. The van der Waals surface area contributed by atoms with Crippen molar-refractivity contribution in [1.82, 2.24) is 4.57 Å². The molecule has 76 heavy (non-hydrogen) atoms. The molecule has 2 aliphatic rings. The summed E-state index contributed by atoms with van der Waals surface area (Å²) >= 11 is 19.7. The van der Waals surface area contributed by atoms with Crippen LogP contribution in [-0.2, 0) is 11.2 Å². The summed E-state index contributed by atoms with van der Waals surface area (Å²) in [6.45, 7) is 2.00. The Morgan fingerprint density at radius 3 is 1.30 bits per heavy atom. The van der Waals surface area contributed by atoms with Crippen LogP contribution in [0, 0.1) is 3.57 Å². The van der Waals surface area contributed by atoms with E-state index in [9.17, 15) is 0 Å². The minimum Gasteiger partial charge on any atom is -0.423 e. The lowest BCUT2D eigenvalue weighted by Gasteiger charge is -2.14. The van der Waals surface area contributed by atoms with E-state index in [4.69, 9.17) is 14.8 Å². The van der Waals surface area contributed by atoms with Crippen molar-refractivity contribution in [2.75, 3.05) is 13.2 Å². The van der Waals surface area contributed by atoms with Gasteiger partial charge in [0.05, 0.1) is 16.7 Å². The largest absolute Gasteiger partial charge is 0.488 e. The van der Waals surface area contributed by atoms with Crippen LogP contribution in [-0.4, -0.2) is 34.9 Å². The van der Waals surface area contributed by atoms with Gasteiger partial charge in [0, 0.05) is 55.5 Å². The van der Waals surface area contributed by atoms with E-state index in [0.29, 0.717) is 5.46 Å². The Kier molecular flexibility index (Phi) is 22.0. The third kappa shape index (κ3) is 15.6. The van der Waals surface area contributed by atoms with Gasteiger partial charge < -0.3 is 19.4 Å². The zero-order valence-electron chi connectivity index (χ0n) is 41.2. The lowest BCUT2D eigenvalue weighted by Crippen LogP contribution is -2.29. The maximum atomic E-state index is 8.58. The summed E-state index contributed by atoms with van der Waals surface area (Å²) in [5.74, 6) is 0. The van der Waals surface area contributed by atoms with Gasteiger partial charge in [-0.15, -0.1) is 0 Å². The predicted molar refractivity (Wildman–Crippen MR) is 347 cm³/mol. The van der Waals surface area contributed by atoms with E-state index in [1.165, 1.54) is 88.4 Å². The number of nitrogens with zero attached hydrogens (tertiary/aromatic N) is 1. The van der Waals surface area contributed by atoms with Gasteiger partial charge in [0.15, 0.2) is 0 Å². The first-order valence-corrected chi connectivity index (χ1v) is 29.7. The van der Waals surface area contributed by atoms with E-state index in [1.54, 1.807) is 24.3 Å². The smallest absolute Gasteiger partial charge is 0.423 e. The first-order valence-electron chi connectivity index (χ1n) is 24.6. The summed E-state index contributed by atoms with van der Waals surface area (Å²) in [5, 5.41) is 19.7. The Hall–Kier alpha value is -4.93. The van der Waals surface area contributed by atoms with Crippen molar-refractivity contribution in [2.45, 2.75) is 19.3 Å². The van der Waals surface area contributed by atoms with Crippen LogP contribution in [0.3, 0.4) is 0 Å². The van der Waals surface area contributed by atoms with Crippen molar-refractivity contribution in [2.24, 2.45) is 0 Å². The molecule has 4 nitrogen and oxygen atoms in total. The fraction of sp³-hybridized carbons (Fsp3) is 0.0769. The van der Waals surface area contributed by atoms with Gasteiger partial charge in [0.25, 0.3) is 0 Å². The lowest BCUT2D eigenvalue weighted by molar-refractivity contribution is 0.198. The van der Waals surface area contributed by atoms with E-state index < -0.39 is 7.12 Å². The highest BCUT2D eigenvalue weighted by atomic mass is 127. The van der Waals surface area contributed by atoms with Crippen LogP contribution in [0.15, 0.2) is 265 Å². The van der Waals surface area contributed by atoms with Gasteiger partial charge >= 0.3 is 7.12 Å². The quantitative estimate of drug-likeness (QED) is 0.105. The molecule has 0 unspecified atom stereocenters. The highest BCUT2D eigenvalue weighted by molar-refractivity contribution is 14.1. The van der Waals surface area contributed by atoms with Crippen LogP contribution in [0.4, 0.5) is 0 Å².